The van der Waals surface area contributed by atoms with Gasteiger partial charge in [0.1, 0.15) is 11.4 Å². The van der Waals surface area contributed by atoms with Crippen LogP contribution in [-0.2, 0) is 4.79 Å². The molecule has 0 spiro atoms. The van der Waals surface area contributed by atoms with Gasteiger partial charge in [-0.05, 0) is 17.7 Å². The normalized spacial score (nSPS) is 17.3. The molecular weight excluding hydrogens is 334 g/mol. The molecule has 0 saturated carbocycles. The van der Waals surface area contributed by atoms with Gasteiger partial charge in [-0.25, -0.2) is 4.98 Å². The van der Waals surface area contributed by atoms with Crippen molar-refractivity contribution in [1.82, 2.24) is 9.88 Å². The highest BCUT2D eigenvalue weighted by atomic mass is 32.2. The third-order valence-corrected chi connectivity index (χ3v) is 5.59. The van der Waals surface area contributed by atoms with Gasteiger partial charge >= 0.3 is 0 Å². The van der Waals surface area contributed by atoms with Crippen molar-refractivity contribution in [1.29, 1.82) is 0 Å². The van der Waals surface area contributed by atoms with Crippen LogP contribution in [0.4, 0.5) is 0 Å². The summed E-state index contributed by atoms with van der Waals surface area (Å²) in [4.78, 5) is 30.7. The summed E-state index contributed by atoms with van der Waals surface area (Å²) in [5.74, 6) is 0.635. The second-order valence-electron chi connectivity index (χ2n) is 4.89. The number of methoxy groups -OCH3 is 1. The molecule has 1 aliphatic rings. The molecular formula is C15H15N3O3S2. The van der Waals surface area contributed by atoms with Gasteiger partial charge in [-0.15, -0.1) is 23.1 Å². The van der Waals surface area contributed by atoms with Gasteiger partial charge in [0, 0.05) is 12.3 Å². The van der Waals surface area contributed by atoms with Crippen LogP contribution in [0.2, 0.25) is 0 Å². The molecule has 1 aromatic heterocycles. The monoisotopic (exact) mass is 349 g/mol. The number of thiazole rings is 1. The Balaban J connectivity index is 1.94. The molecule has 23 heavy (non-hydrogen) atoms. The van der Waals surface area contributed by atoms with Crippen LogP contribution >= 0.6 is 23.1 Å². The van der Waals surface area contributed by atoms with E-state index < -0.39 is 11.3 Å². The molecule has 0 bridgehead atoms. The SMILES string of the molecule is COc1cccc(-c2scnc2C(=O)N2CCSC2C(N)=O)c1. The number of ether oxygens (including phenoxy) is 1. The summed E-state index contributed by atoms with van der Waals surface area (Å²) in [5, 5.41) is -0.623. The molecule has 2 amide bonds. The highest BCUT2D eigenvalue weighted by Gasteiger charge is 2.35. The number of amides is 2. The highest BCUT2D eigenvalue weighted by molar-refractivity contribution is 8.00. The van der Waals surface area contributed by atoms with Crippen LogP contribution in [0.3, 0.4) is 0 Å². The number of aromatic nitrogens is 1. The minimum atomic E-state index is -0.623. The van der Waals surface area contributed by atoms with Gasteiger partial charge in [-0.3, -0.25) is 9.59 Å². The van der Waals surface area contributed by atoms with E-state index in [4.69, 9.17) is 10.5 Å². The highest BCUT2D eigenvalue weighted by Crippen LogP contribution is 2.33. The zero-order chi connectivity index (χ0) is 16.4. The van der Waals surface area contributed by atoms with E-state index in [0.717, 1.165) is 10.4 Å². The van der Waals surface area contributed by atoms with Crippen LogP contribution < -0.4 is 10.5 Å². The minimum Gasteiger partial charge on any atom is -0.497 e. The molecule has 0 aliphatic carbocycles. The topological polar surface area (TPSA) is 85.5 Å². The number of nitrogens with two attached hydrogens (primary N) is 1. The zero-order valence-electron chi connectivity index (χ0n) is 12.4. The van der Waals surface area contributed by atoms with Gasteiger partial charge in [0.25, 0.3) is 11.8 Å². The Bertz CT molecular complexity index is 747. The number of primary amides is 1. The Kier molecular flexibility index (Phi) is 4.53. The number of rotatable bonds is 4. The van der Waals surface area contributed by atoms with E-state index in [1.807, 2.05) is 24.3 Å². The van der Waals surface area contributed by atoms with Crippen LogP contribution in [0.15, 0.2) is 29.8 Å². The standard InChI is InChI=1S/C15H15N3O3S2/c1-21-10-4-2-3-9(7-10)12-11(17-8-23-12)14(20)18-5-6-22-15(18)13(16)19/h2-4,7-8,15H,5-6H2,1H3,(H2,16,19). The molecule has 1 aliphatic heterocycles. The Hall–Kier alpha value is -2.06. The van der Waals surface area contributed by atoms with E-state index in [9.17, 15) is 9.59 Å². The number of thioether (sulfide) groups is 1. The second kappa shape index (κ2) is 6.59. The molecule has 1 fully saturated rings. The van der Waals surface area contributed by atoms with Crippen molar-refractivity contribution < 1.29 is 14.3 Å². The Morgan fingerprint density at radius 1 is 1.43 bits per heavy atom. The van der Waals surface area contributed by atoms with Crippen molar-refractivity contribution in [3.05, 3.63) is 35.5 Å². The van der Waals surface area contributed by atoms with Gasteiger partial charge in [0.2, 0.25) is 0 Å². The van der Waals surface area contributed by atoms with Crippen LogP contribution in [0, 0.1) is 0 Å². The molecule has 2 heterocycles. The van der Waals surface area contributed by atoms with Gasteiger partial charge in [0.05, 0.1) is 17.5 Å². The van der Waals surface area contributed by atoms with Crippen molar-refractivity contribution in [3.63, 3.8) is 0 Å². The molecule has 3 rings (SSSR count). The quantitative estimate of drug-likeness (QED) is 0.910. The molecule has 1 aromatic carbocycles. The van der Waals surface area contributed by atoms with E-state index in [-0.39, 0.29) is 5.91 Å². The smallest absolute Gasteiger partial charge is 0.275 e. The number of nitrogens with zero attached hydrogens (tertiary/aromatic N) is 2. The number of carbonyl (C=O) groups excluding carboxylic acids is 2. The lowest BCUT2D eigenvalue weighted by Crippen LogP contribution is -2.42. The maximum atomic E-state index is 12.8. The summed E-state index contributed by atoms with van der Waals surface area (Å²) < 4.78 is 5.23. The lowest BCUT2D eigenvalue weighted by molar-refractivity contribution is -0.119. The molecule has 1 atom stereocenters. The third-order valence-electron chi connectivity index (χ3n) is 3.50. The molecule has 0 radical (unpaired) electrons. The van der Waals surface area contributed by atoms with Gasteiger partial charge in [-0.2, -0.15) is 0 Å². The summed E-state index contributed by atoms with van der Waals surface area (Å²) >= 11 is 2.76. The predicted molar refractivity (Wildman–Crippen MR) is 90.6 cm³/mol. The summed E-state index contributed by atoms with van der Waals surface area (Å²) in [6, 6.07) is 7.46. The average molecular weight is 349 g/mol. The van der Waals surface area contributed by atoms with Crippen molar-refractivity contribution in [2.24, 2.45) is 5.73 Å². The van der Waals surface area contributed by atoms with Crippen LogP contribution in [0.1, 0.15) is 10.5 Å². The van der Waals surface area contributed by atoms with Crippen molar-refractivity contribution in [2.75, 3.05) is 19.4 Å². The molecule has 120 valence electrons. The second-order valence-corrected chi connectivity index (χ2v) is 6.93. The van der Waals surface area contributed by atoms with E-state index in [0.29, 0.717) is 23.7 Å². The Labute approximate surface area is 141 Å². The van der Waals surface area contributed by atoms with Crippen molar-refractivity contribution in [2.45, 2.75) is 5.37 Å². The summed E-state index contributed by atoms with van der Waals surface area (Å²) in [5.41, 5.74) is 8.21. The fraction of sp³-hybridized carbons (Fsp3) is 0.267. The van der Waals surface area contributed by atoms with Gasteiger partial charge < -0.3 is 15.4 Å². The first-order chi connectivity index (χ1) is 11.1. The largest absolute Gasteiger partial charge is 0.497 e. The van der Waals surface area contributed by atoms with Crippen LogP contribution in [0.5, 0.6) is 5.75 Å². The third kappa shape index (κ3) is 3.04. The van der Waals surface area contributed by atoms with Crippen molar-refractivity contribution in [3.8, 4) is 16.2 Å². The first-order valence-electron chi connectivity index (χ1n) is 6.91. The number of hydrogen-bond donors (Lipinski definition) is 1. The number of benzene rings is 1. The summed E-state index contributed by atoms with van der Waals surface area (Å²) in [7, 11) is 1.59. The van der Waals surface area contributed by atoms with E-state index in [1.165, 1.54) is 28.0 Å². The Morgan fingerprint density at radius 2 is 2.26 bits per heavy atom. The van der Waals surface area contributed by atoms with Crippen LogP contribution in [-0.4, -0.2) is 46.5 Å². The zero-order valence-corrected chi connectivity index (χ0v) is 14.0. The molecule has 6 nitrogen and oxygen atoms in total. The first kappa shape index (κ1) is 15.8. The van der Waals surface area contributed by atoms with Crippen molar-refractivity contribution >= 4 is 34.9 Å². The molecule has 2 aromatic rings. The van der Waals surface area contributed by atoms with E-state index >= 15 is 0 Å². The fourth-order valence-corrected chi connectivity index (χ4v) is 4.27. The van der Waals surface area contributed by atoms with E-state index in [2.05, 4.69) is 4.98 Å². The molecule has 1 unspecified atom stereocenters. The summed E-state index contributed by atoms with van der Waals surface area (Å²) in [6.07, 6.45) is 0. The maximum Gasteiger partial charge on any atom is 0.275 e. The van der Waals surface area contributed by atoms with Gasteiger partial charge in [-0.1, -0.05) is 12.1 Å². The Morgan fingerprint density at radius 3 is 3.00 bits per heavy atom. The van der Waals surface area contributed by atoms with Crippen LogP contribution in [0.25, 0.3) is 10.4 Å². The lowest BCUT2D eigenvalue weighted by Gasteiger charge is -2.20. The number of hydrogen-bond acceptors (Lipinski definition) is 6. The molecule has 2 N–H and O–H groups in total. The minimum absolute atomic E-state index is 0.266. The average Bonchev–Trinajstić information content (AvgIpc) is 3.23. The molecule has 1 saturated heterocycles. The van der Waals surface area contributed by atoms with E-state index in [1.54, 1.807) is 12.6 Å². The summed E-state index contributed by atoms with van der Waals surface area (Å²) in [6.45, 7) is 0.492. The number of carbonyl (C=O) groups is 2. The molecule has 8 heteroatoms. The fourth-order valence-electron chi connectivity index (χ4n) is 2.42. The first-order valence-corrected chi connectivity index (χ1v) is 8.84. The maximum absolute atomic E-state index is 12.8. The lowest BCUT2D eigenvalue weighted by atomic mass is 10.1. The van der Waals surface area contributed by atoms with Gasteiger partial charge in [0.15, 0.2) is 5.37 Å². The predicted octanol–water partition coefficient (Wildman–Crippen LogP) is 1.82.